The van der Waals surface area contributed by atoms with Crippen molar-refractivity contribution in [3.63, 3.8) is 0 Å². The normalized spacial score (nSPS) is 13.0. The molecule has 0 saturated heterocycles. The van der Waals surface area contributed by atoms with E-state index >= 15 is 0 Å². The van der Waals surface area contributed by atoms with Gasteiger partial charge in [-0.05, 0) is 49.6 Å². The van der Waals surface area contributed by atoms with E-state index in [-0.39, 0.29) is 5.78 Å². The lowest BCUT2D eigenvalue weighted by Crippen LogP contribution is -2.29. The SMILES string of the molecule is CSc1ccc(O[C@H](C)C(=O)[C@@H](C#N)c2ccccn2)cc1. The van der Waals surface area contributed by atoms with Crippen molar-refractivity contribution in [1.29, 1.82) is 5.26 Å². The summed E-state index contributed by atoms with van der Waals surface area (Å²) >= 11 is 1.63. The van der Waals surface area contributed by atoms with Crippen LogP contribution in [0.5, 0.6) is 5.75 Å². The fourth-order valence-electron chi connectivity index (χ4n) is 1.97. The molecule has 0 N–H and O–H groups in total. The van der Waals surface area contributed by atoms with E-state index in [0.717, 1.165) is 4.90 Å². The molecule has 0 unspecified atom stereocenters. The van der Waals surface area contributed by atoms with Crippen LogP contribution in [0.25, 0.3) is 0 Å². The molecule has 5 heteroatoms. The molecule has 2 atom stereocenters. The van der Waals surface area contributed by atoms with Crippen molar-refractivity contribution in [3.8, 4) is 11.8 Å². The van der Waals surface area contributed by atoms with Crippen LogP contribution in [0, 0.1) is 11.3 Å². The summed E-state index contributed by atoms with van der Waals surface area (Å²) in [5.41, 5.74) is 0.447. The van der Waals surface area contributed by atoms with Crippen LogP contribution in [0.3, 0.4) is 0 Å². The predicted octanol–water partition coefficient (Wildman–Crippen LogP) is 3.45. The lowest BCUT2D eigenvalue weighted by atomic mass is 9.98. The van der Waals surface area contributed by atoms with E-state index in [1.807, 2.05) is 36.6 Å². The Kier molecular flexibility index (Phi) is 5.56. The van der Waals surface area contributed by atoms with E-state index < -0.39 is 12.0 Å². The molecule has 1 aromatic heterocycles. The Balaban J connectivity index is 2.09. The number of rotatable bonds is 6. The van der Waals surface area contributed by atoms with Crippen molar-refractivity contribution < 1.29 is 9.53 Å². The third kappa shape index (κ3) is 3.86. The van der Waals surface area contributed by atoms with Gasteiger partial charge in [-0.3, -0.25) is 9.78 Å². The van der Waals surface area contributed by atoms with E-state index in [1.165, 1.54) is 0 Å². The molecule has 0 spiro atoms. The summed E-state index contributed by atoms with van der Waals surface area (Å²) in [4.78, 5) is 17.6. The molecule has 0 amide bonds. The van der Waals surface area contributed by atoms with Gasteiger partial charge in [-0.2, -0.15) is 5.26 Å². The van der Waals surface area contributed by atoms with E-state index in [2.05, 4.69) is 4.98 Å². The number of aromatic nitrogens is 1. The van der Waals surface area contributed by atoms with Crippen LogP contribution < -0.4 is 4.74 Å². The zero-order chi connectivity index (χ0) is 15.9. The van der Waals surface area contributed by atoms with Gasteiger partial charge < -0.3 is 4.74 Å². The molecule has 112 valence electrons. The average Bonchev–Trinajstić information content (AvgIpc) is 2.57. The molecule has 0 fully saturated rings. The number of nitrogens with zero attached hydrogens (tertiary/aromatic N) is 2. The fourth-order valence-corrected chi connectivity index (χ4v) is 2.38. The molecule has 22 heavy (non-hydrogen) atoms. The Morgan fingerprint density at radius 2 is 2.00 bits per heavy atom. The Labute approximate surface area is 134 Å². The van der Waals surface area contributed by atoms with Crippen molar-refractivity contribution in [3.05, 3.63) is 54.4 Å². The quantitative estimate of drug-likeness (QED) is 0.764. The van der Waals surface area contributed by atoms with Crippen LogP contribution >= 0.6 is 11.8 Å². The Morgan fingerprint density at radius 3 is 2.55 bits per heavy atom. The number of hydrogen-bond donors (Lipinski definition) is 0. The zero-order valence-corrected chi connectivity index (χ0v) is 13.2. The first-order valence-electron chi connectivity index (χ1n) is 6.80. The maximum Gasteiger partial charge on any atom is 0.196 e. The predicted molar refractivity (Wildman–Crippen MR) is 85.9 cm³/mol. The largest absolute Gasteiger partial charge is 0.483 e. The van der Waals surface area contributed by atoms with Gasteiger partial charge in [0.25, 0.3) is 0 Å². The number of nitriles is 1. The number of benzene rings is 1. The Hall–Kier alpha value is -2.32. The van der Waals surface area contributed by atoms with Crippen LogP contribution in [0.15, 0.2) is 53.6 Å². The lowest BCUT2D eigenvalue weighted by molar-refractivity contribution is -0.125. The molecule has 0 radical (unpaired) electrons. The summed E-state index contributed by atoms with van der Waals surface area (Å²) < 4.78 is 5.64. The molecule has 0 aliphatic carbocycles. The van der Waals surface area contributed by atoms with Gasteiger partial charge in [-0.15, -0.1) is 11.8 Å². The first kappa shape index (κ1) is 16.1. The molecule has 0 aliphatic rings. The third-order valence-corrected chi connectivity index (χ3v) is 3.91. The molecule has 2 rings (SSSR count). The van der Waals surface area contributed by atoms with Gasteiger partial charge in [0.15, 0.2) is 17.8 Å². The monoisotopic (exact) mass is 312 g/mol. The second kappa shape index (κ2) is 7.62. The minimum Gasteiger partial charge on any atom is -0.483 e. The lowest BCUT2D eigenvalue weighted by Gasteiger charge is -2.16. The van der Waals surface area contributed by atoms with Crippen molar-refractivity contribution in [1.82, 2.24) is 4.98 Å². The van der Waals surface area contributed by atoms with Gasteiger partial charge in [0.05, 0.1) is 11.8 Å². The number of carbonyl (C=O) groups excluding carboxylic acids is 1. The summed E-state index contributed by atoms with van der Waals surface area (Å²) in [5, 5.41) is 9.26. The number of pyridine rings is 1. The highest BCUT2D eigenvalue weighted by Gasteiger charge is 2.27. The maximum atomic E-state index is 12.4. The number of ketones is 1. The number of thioether (sulfide) groups is 1. The summed E-state index contributed by atoms with van der Waals surface area (Å²) in [6.07, 6.45) is 2.85. The molecule has 0 aliphatic heterocycles. The van der Waals surface area contributed by atoms with E-state index in [9.17, 15) is 10.1 Å². The second-order valence-electron chi connectivity index (χ2n) is 4.65. The summed E-state index contributed by atoms with van der Waals surface area (Å²) in [6.45, 7) is 1.65. The van der Waals surface area contributed by atoms with Crippen LogP contribution in [0.2, 0.25) is 0 Å². The van der Waals surface area contributed by atoms with Gasteiger partial charge in [0.1, 0.15) is 5.75 Å². The molecule has 4 nitrogen and oxygen atoms in total. The molecular weight excluding hydrogens is 296 g/mol. The van der Waals surface area contributed by atoms with Gasteiger partial charge in [0, 0.05) is 11.1 Å². The average molecular weight is 312 g/mol. The van der Waals surface area contributed by atoms with Gasteiger partial charge in [0.2, 0.25) is 0 Å². The fraction of sp³-hybridized carbons (Fsp3) is 0.235. The van der Waals surface area contributed by atoms with Gasteiger partial charge in [-0.25, -0.2) is 0 Å². The molecule has 1 aromatic carbocycles. The molecule has 0 bridgehead atoms. The van der Waals surface area contributed by atoms with Crippen molar-refractivity contribution in [2.45, 2.75) is 23.8 Å². The number of carbonyl (C=O) groups is 1. The third-order valence-electron chi connectivity index (χ3n) is 3.17. The Morgan fingerprint density at radius 1 is 1.27 bits per heavy atom. The highest BCUT2D eigenvalue weighted by molar-refractivity contribution is 7.98. The van der Waals surface area contributed by atoms with Gasteiger partial charge in [-0.1, -0.05) is 6.07 Å². The topological polar surface area (TPSA) is 63.0 Å². The minimum atomic E-state index is -0.915. The minimum absolute atomic E-state index is 0.296. The summed E-state index contributed by atoms with van der Waals surface area (Å²) in [6, 6.07) is 14.7. The van der Waals surface area contributed by atoms with Crippen LogP contribution in [0.4, 0.5) is 0 Å². The second-order valence-corrected chi connectivity index (χ2v) is 5.53. The number of Topliss-reactive ketones (excluding diaryl/α,β-unsaturated/α-hetero) is 1. The Bertz CT molecular complexity index is 665. The molecule has 0 saturated carbocycles. The maximum absolute atomic E-state index is 12.4. The van der Waals surface area contributed by atoms with E-state index in [0.29, 0.717) is 11.4 Å². The zero-order valence-electron chi connectivity index (χ0n) is 12.4. The molecule has 1 heterocycles. The first-order valence-corrected chi connectivity index (χ1v) is 8.03. The summed E-state index contributed by atoms with van der Waals surface area (Å²) in [5.74, 6) is -0.604. The standard InChI is InChI=1S/C17H16N2O2S/c1-12(21-13-6-8-14(22-2)9-7-13)17(20)15(11-18)16-5-3-4-10-19-16/h3-10,12,15H,1-2H3/t12-,15+/m1/s1. The number of hydrogen-bond acceptors (Lipinski definition) is 5. The number of ether oxygens (including phenoxy) is 1. The van der Waals surface area contributed by atoms with E-state index in [1.54, 1.807) is 43.1 Å². The van der Waals surface area contributed by atoms with Crippen molar-refractivity contribution in [2.24, 2.45) is 0 Å². The molecular formula is C17H16N2O2S. The highest BCUT2D eigenvalue weighted by Crippen LogP contribution is 2.22. The van der Waals surface area contributed by atoms with Crippen LogP contribution in [-0.2, 0) is 4.79 Å². The van der Waals surface area contributed by atoms with Crippen LogP contribution in [0.1, 0.15) is 18.5 Å². The first-order chi connectivity index (χ1) is 10.7. The smallest absolute Gasteiger partial charge is 0.196 e. The molecule has 2 aromatic rings. The highest BCUT2D eigenvalue weighted by atomic mass is 32.2. The summed E-state index contributed by atoms with van der Waals surface area (Å²) in [7, 11) is 0. The van der Waals surface area contributed by atoms with Crippen molar-refractivity contribution >= 4 is 17.5 Å². The van der Waals surface area contributed by atoms with Crippen molar-refractivity contribution in [2.75, 3.05) is 6.26 Å². The van der Waals surface area contributed by atoms with Gasteiger partial charge >= 0.3 is 0 Å². The van der Waals surface area contributed by atoms with Crippen LogP contribution in [-0.4, -0.2) is 23.1 Å². The van der Waals surface area contributed by atoms with E-state index in [4.69, 9.17) is 4.74 Å².